The van der Waals surface area contributed by atoms with Crippen LogP contribution in [-0.4, -0.2) is 16.9 Å². The topological polar surface area (TPSA) is 34.1 Å². The summed E-state index contributed by atoms with van der Waals surface area (Å²) in [5, 5.41) is 4.66. The fourth-order valence-electron chi connectivity index (χ4n) is 2.73. The molecule has 0 bridgehead atoms. The Labute approximate surface area is 163 Å². The van der Waals surface area contributed by atoms with Crippen LogP contribution in [0.25, 0.3) is 10.9 Å². The van der Waals surface area contributed by atoms with Crippen LogP contribution in [0.2, 0.25) is 0 Å². The normalized spacial score (nSPS) is 11.6. The van der Waals surface area contributed by atoms with Gasteiger partial charge in [0.15, 0.2) is 0 Å². The molecule has 2 aromatic carbocycles. The molecule has 3 rings (SSSR count). The van der Waals surface area contributed by atoms with Gasteiger partial charge >= 0.3 is 6.18 Å². The number of ether oxygens (including phenoxy) is 1. The summed E-state index contributed by atoms with van der Waals surface area (Å²) >= 11 is 3.28. The molecule has 1 N–H and O–H groups in total. The number of aromatic nitrogens is 1. The monoisotopic (exact) mass is 438 g/mol. The molecular formula is C20H18BrF3N2O. The summed E-state index contributed by atoms with van der Waals surface area (Å²) in [6.07, 6.45) is -3.76. The molecule has 1 heterocycles. The van der Waals surface area contributed by atoms with Gasteiger partial charge in [0.25, 0.3) is 0 Å². The highest BCUT2D eigenvalue weighted by atomic mass is 79.9. The van der Waals surface area contributed by atoms with Gasteiger partial charge in [0.2, 0.25) is 0 Å². The molecule has 1 aromatic heterocycles. The number of hydrogen-bond donors (Lipinski definition) is 1. The maximum atomic E-state index is 13.3. The third-order valence-electron chi connectivity index (χ3n) is 3.90. The average molecular weight is 439 g/mol. The lowest BCUT2D eigenvalue weighted by atomic mass is 10.1. The van der Waals surface area contributed by atoms with Crippen LogP contribution >= 0.6 is 15.9 Å². The summed E-state index contributed by atoms with van der Waals surface area (Å²) in [6.45, 7) is 2.18. The third kappa shape index (κ3) is 4.91. The lowest BCUT2D eigenvalue weighted by Crippen LogP contribution is -2.07. The molecule has 0 aliphatic rings. The zero-order valence-corrected chi connectivity index (χ0v) is 16.2. The van der Waals surface area contributed by atoms with Gasteiger partial charge in [0.1, 0.15) is 5.75 Å². The molecule has 0 saturated heterocycles. The summed E-state index contributed by atoms with van der Waals surface area (Å²) in [6, 6.07) is 13.0. The van der Waals surface area contributed by atoms with Gasteiger partial charge in [-0.1, -0.05) is 34.1 Å². The molecule has 0 spiro atoms. The van der Waals surface area contributed by atoms with Crippen molar-refractivity contribution >= 4 is 38.2 Å². The highest BCUT2D eigenvalue weighted by Crippen LogP contribution is 2.36. The summed E-state index contributed by atoms with van der Waals surface area (Å²) in [5.41, 5.74) is 1.81. The minimum Gasteiger partial charge on any atom is -0.493 e. The van der Waals surface area contributed by atoms with E-state index in [1.165, 1.54) is 0 Å². The minimum absolute atomic E-state index is 0.184. The van der Waals surface area contributed by atoms with Crippen molar-refractivity contribution in [3.63, 3.8) is 0 Å². The molecule has 142 valence electrons. The fraction of sp³-hybridized carbons (Fsp3) is 0.250. The van der Waals surface area contributed by atoms with E-state index in [-0.39, 0.29) is 5.75 Å². The number of hydrogen-bond acceptors (Lipinski definition) is 3. The van der Waals surface area contributed by atoms with Crippen LogP contribution in [0, 0.1) is 6.92 Å². The van der Waals surface area contributed by atoms with Crippen LogP contribution in [0.1, 0.15) is 17.7 Å². The molecule has 0 aliphatic heterocycles. The van der Waals surface area contributed by atoms with Crippen molar-refractivity contribution in [2.24, 2.45) is 0 Å². The van der Waals surface area contributed by atoms with Crippen molar-refractivity contribution < 1.29 is 17.9 Å². The van der Waals surface area contributed by atoms with E-state index >= 15 is 0 Å². The van der Waals surface area contributed by atoms with Crippen LogP contribution in [0.3, 0.4) is 0 Å². The third-order valence-corrected chi connectivity index (χ3v) is 4.46. The number of para-hydroxylation sites is 1. The molecule has 3 nitrogen and oxygen atoms in total. The Morgan fingerprint density at radius 3 is 2.63 bits per heavy atom. The maximum Gasteiger partial charge on any atom is 0.416 e. The molecule has 7 heteroatoms. The van der Waals surface area contributed by atoms with Crippen molar-refractivity contribution in [1.82, 2.24) is 4.98 Å². The lowest BCUT2D eigenvalue weighted by Gasteiger charge is -2.15. The number of fused-ring (bicyclic) bond motifs is 1. The second kappa shape index (κ2) is 8.17. The number of nitrogens with one attached hydrogen (secondary N) is 1. The van der Waals surface area contributed by atoms with Crippen LogP contribution in [0.4, 0.5) is 24.5 Å². The smallest absolute Gasteiger partial charge is 0.416 e. The quantitative estimate of drug-likeness (QED) is 0.353. The zero-order chi connectivity index (χ0) is 19.4. The van der Waals surface area contributed by atoms with E-state index in [1.807, 2.05) is 37.3 Å². The first kappa shape index (κ1) is 19.5. The molecule has 27 heavy (non-hydrogen) atoms. The molecule has 0 atom stereocenters. The number of nitrogens with zero attached hydrogens (tertiary/aromatic N) is 1. The average Bonchev–Trinajstić information content (AvgIpc) is 2.61. The minimum atomic E-state index is -4.46. The number of aryl methyl sites for hydroxylation is 1. The molecular weight excluding hydrogens is 421 g/mol. The molecule has 0 aliphatic carbocycles. The van der Waals surface area contributed by atoms with E-state index in [9.17, 15) is 13.2 Å². The number of rotatable bonds is 6. The summed E-state index contributed by atoms with van der Waals surface area (Å²) in [4.78, 5) is 4.45. The first-order valence-electron chi connectivity index (χ1n) is 8.41. The molecule has 0 amide bonds. The largest absolute Gasteiger partial charge is 0.493 e. The van der Waals surface area contributed by atoms with Gasteiger partial charge in [-0.25, -0.2) is 0 Å². The Hall–Kier alpha value is -2.28. The van der Waals surface area contributed by atoms with Crippen LogP contribution in [0.5, 0.6) is 5.75 Å². The molecule has 0 radical (unpaired) electrons. The second-order valence-corrected chi connectivity index (χ2v) is 6.88. The molecule has 0 unspecified atom stereocenters. The molecule has 3 aromatic rings. The Bertz CT molecular complexity index is 944. The van der Waals surface area contributed by atoms with Crippen LogP contribution < -0.4 is 10.1 Å². The first-order valence-corrected chi connectivity index (χ1v) is 9.53. The molecule has 0 fully saturated rings. The zero-order valence-electron chi connectivity index (χ0n) is 14.6. The van der Waals surface area contributed by atoms with E-state index in [2.05, 4.69) is 26.2 Å². The Morgan fingerprint density at radius 2 is 1.89 bits per heavy atom. The van der Waals surface area contributed by atoms with Crippen molar-refractivity contribution in [1.29, 1.82) is 0 Å². The Balaban J connectivity index is 2.00. The van der Waals surface area contributed by atoms with E-state index in [0.29, 0.717) is 24.4 Å². The lowest BCUT2D eigenvalue weighted by molar-refractivity contribution is -0.137. The van der Waals surface area contributed by atoms with E-state index in [4.69, 9.17) is 4.74 Å². The van der Waals surface area contributed by atoms with Gasteiger partial charge in [-0.15, -0.1) is 0 Å². The predicted molar refractivity (Wildman–Crippen MR) is 105 cm³/mol. The highest BCUT2D eigenvalue weighted by molar-refractivity contribution is 9.09. The van der Waals surface area contributed by atoms with Crippen molar-refractivity contribution in [3.8, 4) is 5.75 Å². The van der Waals surface area contributed by atoms with Crippen molar-refractivity contribution in [2.45, 2.75) is 19.5 Å². The summed E-state index contributed by atoms with van der Waals surface area (Å²) in [7, 11) is 0. The van der Waals surface area contributed by atoms with E-state index < -0.39 is 11.7 Å². The second-order valence-electron chi connectivity index (χ2n) is 6.09. The van der Waals surface area contributed by atoms with Gasteiger partial charge < -0.3 is 10.1 Å². The maximum absolute atomic E-state index is 13.3. The number of pyridine rings is 1. The Kier molecular flexibility index (Phi) is 5.89. The predicted octanol–water partition coefficient (Wildman–Crippen LogP) is 6.47. The summed E-state index contributed by atoms with van der Waals surface area (Å²) < 4.78 is 45.4. The number of alkyl halides is 4. The number of benzene rings is 2. The van der Waals surface area contributed by atoms with E-state index in [1.54, 1.807) is 6.07 Å². The van der Waals surface area contributed by atoms with Crippen molar-refractivity contribution in [3.05, 3.63) is 59.8 Å². The SMILES string of the molecule is Cc1cc(Nc2cc(OCCCBr)cc(C(F)(F)F)c2)c2ccccc2n1. The van der Waals surface area contributed by atoms with Gasteiger partial charge in [-0.2, -0.15) is 13.2 Å². The van der Waals surface area contributed by atoms with Gasteiger partial charge in [0.05, 0.1) is 17.7 Å². The standard InChI is InChI=1S/C20H18BrF3N2O/c1-13-9-19(17-5-2-3-6-18(17)25-13)26-15-10-14(20(22,23)24)11-16(12-15)27-8-4-7-21/h2-3,5-6,9-12H,4,7-8H2,1H3,(H,25,26). The van der Waals surface area contributed by atoms with Crippen molar-refractivity contribution in [2.75, 3.05) is 17.3 Å². The van der Waals surface area contributed by atoms with Crippen LogP contribution in [0.15, 0.2) is 48.5 Å². The van der Waals surface area contributed by atoms with Gasteiger partial charge in [-0.3, -0.25) is 4.98 Å². The van der Waals surface area contributed by atoms with Crippen LogP contribution in [-0.2, 0) is 6.18 Å². The van der Waals surface area contributed by atoms with Gasteiger partial charge in [0, 0.05) is 33.9 Å². The Morgan fingerprint density at radius 1 is 1.11 bits per heavy atom. The number of halogens is 4. The first-order chi connectivity index (χ1) is 12.9. The molecule has 0 saturated carbocycles. The summed E-state index contributed by atoms with van der Waals surface area (Å²) in [5.74, 6) is 0.184. The fourth-order valence-corrected chi connectivity index (χ4v) is 2.96. The van der Waals surface area contributed by atoms with E-state index in [0.717, 1.165) is 34.1 Å². The number of anilines is 2. The van der Waals surface area contributed by atoms with Gasteiger partial charge in [-0.05, 0) is 37.6 Å². The highest BCUT2D eigenvalue weighted by Gasteiger charge is 2.31.